The lowest BCUT2D eigenvalue weighted by Gasteiger charge is -2.06. The smallest absolute Gasteiger partial charge is 0.236 e. The minimum atomic E-state index is -2.90. The van der Waals surface area contributed by atoms with E-state index >= 15 is 0 Å². The topological polar surface area (TPSA) is 76.1 Å². The van der Waals surface area contributed by atoms with Gasteiger partial charge in [0.05, 0.1) is 23.0 Å². The molecule has 2 aromatic rings. The van der Waals surface area contributed by atoms with Gasteiger partial charge < -0.3 is 5.32 Å². The van der Waals surface area contributed by atoms with Crippen molar-refractivity contribution >= 4 is 44.0 Å². The third-order valence-electron chi connectivity index (χ3n) is 4.05. The molecule has 0 unspecified atom stereocenters. The summed E-state index contributed by atoms with van der Waals surface area (Å²) in [6, 6.07) is 8.24. The zero-order valence-corrected chi connectivity index (χ0v) is 16.3. The summed E-state index contributed by atoms with van der Waals surface area (Å²) in [5.41, 5.74) is 3.15. The van der Waals surface area contributed by atoms with E-state index in [1.54, 1.807) is 0 Å². The monoisotopic (exact) mass is 396 g/mol. The van der Waals surface area contributed by atoms with Crippen molar-refractivity contribution in [2.75, 3.05) is 22.6 Å². The summed E-state index contributed by atoms with van der Waals surface area (Å²) in [7, 11) is -2.90. The van der Waals surface area contributed by atoms with E-state index in [2.05, 4.69) is 29.4 Å². The Kier molecular flexibility index (Phi) is 5.81. The van der Waals surface area contributed by atoms with Gasteiger partial charge in [-0.25, -0.2) is 13.4 Å². The molecule has 8 heteroatoms. The molecule has 2 heterocycles. The van der Waals surface area contributed by atoms with Crippen LogP contribution in [0.1, 0.15) is 18.9 Å². The number of benzene rings is 1. The van der Waals surface area contributed by atoms with Crippen molar-refractivity contribution in [2.45, 2.75) is 25.0 Å². The van der Waals surface area contributed by atoms with Crippen LogP contribution in [0.25, 0.3) is 11.3 Å². The van der Waals surface area contributed by atoms with Crippen LogP contribution in [-0.2, 0) is 21.1 Å². The molecular formula is C17H20N2O3S3. The van der Waals surface area contributed by atoms with E-state index in [0.717, 1.165) is 17.7 Å². The van der Waals surface area contributed by atoms with E-state index in [4.69, 9.17) is 0 Å². The Morgan fingerprint density at radius 3 is 2.76 bits per heavy atom. The number of carbonyl (C=O) groups is 1. The lowest BCUT2D eigenvalue weighted by molar-refractivity contribution is -0.113. The lowest BCUT2D eigenvalue weighted by Crippen LogP contribution is -2.17. The molecule has 3 rings (SSSR count). The molecule has 1 amide bonds. The normalized spacial score (nSPS) is 19.0. The molecule has 1 N–H and O–H groups in total. The molecule has 1 saturated heterocycles. The molecule has 134 valence electrons. The number of hydrogen-bond acceptors (Lipinski definition) is 6. The highest BCUT2D eigenvalue weighted by atomic mass is 32.2. The van der Waals surface area contributed by atoms with Crippen LogP contribution in [0.5, 0.6) is 0 Å². The van der Waals surface area contributed by atoms with Crippen molar-refractivity contribution in [1.82, 2.24) is 4.98 Å². The van der Waals surface area contributed by atoms with E-state index in [-0.39, 0.29) is 28.4 Å². The Bertz CT molecular complexity index is 844. The maximum atomic E-state index is 12.0. The van der Waals surface area contributed by atoms with E-state index in [9.17, 15) is 13.2 Å². The van der Waals surface area contributed by atoms with Crippen molar-refractivity contribution in [3.8, 4) is 11.3 Å². The number of aryl methyl sites for hydroxylation is 1. The molecule has 5 nitrogen and oxygen atoms in total. The molecular weight excluding hydrogens is 376 g/mol. The van der Waals surface area contributed by atoms with Crippen molar-refractivity contribution in [1.29, 1.82) is 0 Å². The van der Waals surface area contributed by atoms with E-state index in [1.165, 1.54) is 28.7 Å². The minimum absolute atomic E-state index is 0.0275. The van der Waals surface area contributed by atoms with Crippen molar-refractivity contribution in [2.24, 2.45) is 0 Å². The van der Waals surface area contributed by atoms with Crippen molar-refractivity contribution < 1.29 is 13.2 Å². The highest BCUT2D eigenvalue weighted by molar-refractivity contribution is 8.02. The first-order chi connectivity index (χ1) is 11.9. The maximum absolute atomic E-state index is 12.0. The molecule has 1 aliphatic heterocycles. The third kappa shape index (κ3) is 5.05. The van der Waals surface area contributed by atoms with Crippen LogP contribution in [0.3, 0.4) is 0 Å². The fourth-order valence-corrected chi connectivity index (χ4v) is 6.80. The first kappa shape index (κ1) is 18.4. The van der Waals surface area contributed by atoms with E-state index in [0.29, 0.717) is 11.6 Å². The SMILES string of the molecule is CCc1ccc(-c2csc(NC(=O)CS[C@H]3CCS(=O)(=O)C3)n2)cc1. The number of nitrogens with one attached hydrogen (secondary N) is 1. The third-order valence-corrected chi connectivity index (χ3v) is 8.09. The van der Waals surface area contributed by atoms with Crippen LogP contribution in [0.4, 0.5) is 5.13 Å². The Labute approximate surface area is 156 Å². The van der Waals surface area contributed by atoms with Gasteiger partial charge in [0.1, 0.15) is 0 Å². The second-order valence-electron chi connectivity index (χ2n) is 5.97. The van der Waals surface area contributed by atoms with Gasteiger partial charge in [-0.15, -0.1) is 23.1 Å². The number of carbonyl (C=O) groups excluding carboxylic acids is 1. The average molecular weight is 397 g/mol. The number of nitrogens with zero attached hydrogens (tertiary/aromatic N) is 1. The first-order valence-electron chi connectivity index (χ1n) is 8.12. The van der Waals surface area contributed by atoms with Crippen molar-refractivity contribution in [3.05, 3.63) is 35.2 Å². The second kappa shape index (κ2) is 7.88. The second-order valence-corrected chi connectivity index (χ2v) is 10.3. The zero-order chi connectivity index (χ0) is 17.9. The number of amides is 1. The van der Waals surface area contributed by atoms with Gasteiger partial charge in [0.2, 0.25) is 5.91 Å². The van der Waals surface area contributed by atoms with Gasteiger partial charge in [-0.05, 0) is 18.4 Å². The molecule has 1 aromatic heterocycles. The van der Waals surface area contributed by atoms with Crippen LogP contribution in [-0.4, -0.2) is 41.8 Å². The number of thioether (sulfide) groups is 1. The van der Waals surface area contributed by atoms with Gasteiger partial charge in [0.15, 0.2) is 15.0 Å². The Balaban J connectivity index is 1.53. The highest BCUT2D eigenvalue weighted by Crippen LogP contribution is 2.27. The predicted molar refractivity (Wildman–Crippen MR) is 105 cm³/mol. The number of rotatable bonds is 6. The fraction of sp³-hybridized carbons (Fsp3) is 0.412. The fourth-order valence-electron chi connectivity index (χ4n) is 2.62. The summed E-state index contributed by atoms with van der Waals surface area (Å²) in [4.78, 5) is 16.5. The largest absolute Gasteiger partial charge is 0.301 e. The highest BCUT2D eigenvalue weighted by Gasteiger charge is 2.28. The van der Waals surface area contributed by atoms with Gasteiger partial charge in [0.25, 0.3) is 0 Å². The summed E-state index contributed by atoms with van der Waals surface area (Å²) in [6.45, 7) is 2.12. The summed E-state index contributed by atoms with van der Waals surface area (Å²) in [5.74, 6) is 0.524. The van der Waals surface area contributed by atoms with Crippen LogP contribution < -0.4 is 5.32 Å². The van der Waals surface area contributed by atoms with Gasteiger partial charge in [-0.2, -0.15) is 0 Å². The minimum Gasteiger partial charge on any atom is -0.301 e. The Morgan fingerprint density at radius 1 is 1.36 bits per heavy atom. The molecule has 0 saturated carbocycles. The summed E-state index contributed by atoms with van der Waals surface area (Å²) in [5, 5.41) is 5.32. The molecule has 0 spiro atoms. The van der Waals surface area contributed by atoms with Crippen LogP contribution >= 0.6 is 23.1 Å². The quantitative estimate of drug-likeness (QED) is 0.811. The maximum Gasteiger partial charge on any atom is 0.236 e. The molecule has 1 aromatic carbocycles. The van der Waals surface area contributed by atoms with Gasteiger partial charge in [-0.1, -0.05) is 31.2 Å². The van der Waals surface area contributed by atoms with Gasteiger partial charge >= 0.3 is 0 Å². The standard InChI is InChI=1S/C17H20N2O3S3/c1-2-12-3-5-13(6-4-12)15-9-24-17(18-15)19-16(20)10-23-14-7-8-25(21,22)11-14/h3-6,9,14H,2,7-8,10-11H2,1H3,(H,18,19,20)/t14-/m0/s1. The zero-order valence-electron chi connectivity index (χ0n) is 13.9. The number of anilines is 1. The van der Waals surface area contributed by atoms with E-state index in [1.807, 2.05) is 17.5 Å². The predicted octanol–water partition coefficient (Wildman–Crippen LogP) is 3.23. The first-order valence-corrected chi connectivity index (χ1v) is 11.9. The number of sulfone groups is 1. The Hall–Kier alpha value is -1.38. The molecule has 0 aliphatic carbocycles. The molecule has 0 bridgehead atoms. The molecule has 1 atom stereocenters. The van der Waals surface area contributed by atoms with Crippen LogP contribution in [0, 0.1) is 0 Å². The number of hydrogen-bond donors (Lipinski definition) is 1. The van der Waals surface area contributed by atoms with Crippen molar-refractivity contribution in [3.63, 3.8) is 0 Å². The van der Waals surface area contributed by atoms with E-state index < -0.39 is 9.84 Å². The summed E-state index contributed by atoms with van der Waals surface area (Å²) in [6.07, 6.45) is 1.63. The molecule has 1 fully saturated rings. The summed E-state index contributed by atoms with van der Waals surface area (Å²) < 4.78 is 22.9. The Morgan fingerprint density at radius 2 is 2.12 bits per heavy atom. The summed E-state index contributed by atoms with van der Waals surface area (Å²) >= 11 is 2.80. The van der Waals surface area contributed by atoms with Crippen LogP contribution in [0.15, 0.2) is 29.6 Å². The molecule has 0 radical (unpaired) electrons. The van der Waals surface area contributed by atoms with Gasteiger partial charge in [-0.3, -0.25) is 4.79 Å². The van der Waals surface area contributed by atoms with Gasteiger partial charge in [0, 0.05) is 16.2 Å². The lowest BCUT2D eigenvalue weighted by atomic mass is 10.1. The number of thiazole rings is 1. The van der Waals surface area contributed by atoms with Crippen LogP contribution in [0.2, 0.25) is 0 Å². The average Bonchev–Trinajstić information content (AvgIpc) is 3.19. The molecule has 1 aliphatic rings. The molecule has 25 heavy (non-hydrogen) atoms. The number of aromatic nitrogens is 1.